The Morgan fingerprint density at radius 3 is 2.43 bits per heavy atom. The van der Waals surface area contributed by atoms with Crippen LogP contribution >= 0.6 is 46.4 Å². The van der Waals surface area contributed by atoms with Crippen LogP contribution in [0.1, 0.15) is 23.0 Å². The Morgan fingerprint density at radius 2 is 1.83 bits per heavy atom. The van der Waals surface area contributed by atoms with Crippen LogP contribution in [-0.2, 0) is 0 Å². The van der Waals surface area contributed by atoms with E-state index >= 15 is 0 Å². The third-order valence-electron chi connectivity index (χ3n) is 2.83. The Bertz CT molecular complexity index is 809. The first-order valence-corrected chi connectivity index (χ1v) is 7.65. The molecule has 23 heavy (non-hydrogen) atoms. The summed E-state index contributed by atoms with van der Waals surface area (Å²) in [5.41, 5.74) is 3.29. The summed E-state index contributed by atoms with van der Waals surface area (Å²) in [6.07, 6.45) is 0. The Hall–Kier alpha value is -1.53. The van der Waals surface area contributed by atoms with Crippen LogP contribution in [-0.4, -0.2) is 16.7 Å². The Kier molecular flexibility index (Phi) is 5.70. The molecule has 0 fully saturated rings. The Balaban J connectivity index is 2.43. The van der Waals surface area contributed by atoms with E-state index in [9.17, 15) is 9.90 Å². The summed E-state index contributed by atoms with van der Waals surface area (Å²) < 4.78 is 0. The van der Waals surface area contributed by atoms with Gasteiger partial charge in [0.2, 0.25) is 0 Å². The van der Waals surface area contributed by atoms with Gasteiger partial charge in [0.15, 0.2) is 5.15 Å². The second-order valence-electron chi connectivity index (χ2n) is 4.33. The largest absolute Gasteiger partial charge is 0.543 e. The van der Waals surface area contributed by atoms with Crippen molar-refractivity contribution >= 4 is 63.8 Å². The molecule has 1 N–H and O–H groups in total. The van der Waals surface area contributed by atoms with Crippen molar-refractivity contribution in [3.63, 3.8) is 0 Å². The molecule has 0 aliphatic heterocycles. The third kappa shape index (κ3) is 3.87. The normalized spacial score (nSPS) is 11.4. The molecule has 9 heteroatoms. The minimum atomic E-state index is -1.58. The third-order valence-corrected chi connectivity index (χ3v) is 4.27. The lowest BCUT2D eigenvalue weighted by molar-refractivity contribution is -0.255. The average molecular weight is 392 g/mol. The smallest absolute Gasteiger partial charge is 0.150 e. The molecule has 0 unspecified atom stereocenters. The van der Waals surface area contributed by atoms with Crippen LogP contribution in [0.5, 0.6) is 0 Å². The topological polar surface area (TPSA) is 77.4 Å². The zero-order valence-electron chi connectivity index (χ0n) is 11.5. The van der Waals surface area contributed by atoms with Crippen LogP contribution in [0.4, 0.5) is 5.69 Å². The van der Waals surface area contributed by atoms with Crippen molar-refractivity contribution in [2.75, 3.05) is 5.43 Å². The summed E-state index contributed by atoms with van der Waals surface area (Å²) in [7, 11) is 0. The molecule has 120 valence electrons. The number of benzene rings is 1. The molecule has 0 amide bonds. The Morgan fingerprint density at radius 1 is 1.17 bits per heavy atom. The minimum Gasteiger partial charge on any atom is -0.543 e. The van der Waals surface area contributed by atoms with E-state index in [1.54, 1.807) is 31.2 Å². The number of nitrogens with one attached hydrogen (secondary N) is 1. The highest BCUT2D eigenvalue weighted by Crippen LogP contribution is 2.36. The predicted molar refractivity (Wildman–Crippen MR) is 90.9 cm³/mol. The maximum Gasteiger partial charge on any atom is 0.150 e. The maximum atomic E-state index is 11.0. The molecule has 1 aromatic carbocycles. The van der Waals surface area contributed by atoms with E-state index < -0.39 is 11.7 Å². The van der Waals surface area contributed by atoms with Gasteiger partial charge in [0.05, 0.1) is 22.4 Å². The SMILES string of the molecule is C/C(=N/Nc1c(Cl)c(Cl)nc(C(=O)[O-])c1Cl)c1ccccc1Cl. The zero-order chi connectivity index (χ0) is 17.1. The van der Waals surface area contributed by atoms with E-state index in [0.717, 1.165) is 0 Å². The summed E-state index contributed by atoms with van der Waals surface area (Å²) in [6, 6.07) is 7.08. The molecule has 2 rings (SSSR count). The lowest BCUT2D eigenvalue weighted by Gasteiger charge is -2.13. The number of anilines is 1. The van der Waals surface area contributed by atoms with Gasteiger partial charge in [0.1, 0.15) is 10.7 Å². The van der Waals surface area contributed by atoms with Gasteiger partial charge < -0.3 is 9.90 Å². The van der Waals surface area contributed by atoms with Crippen LogP contribution in [0.25, 0.3) is 0 Å². The van der Waals surface area contributed by atoms with Crippen LogP contribution in [0.2, 0.25) is 20.2 Å². The number of carbonyl (C=O) groups is 1. The molecule has 0 saturated carbocycles. The molecule has 0 saturated heterocycles. The first kappa shape index (κ1) is 17.8. The van der Waals surface area contributed by atoms with E-state index in [4.69, 9.17) is 46.4 Å². The van der Waals surface area contributed by atoms with Gasteiger partial charge in [0.25, 0.3) is 0 Å². The fourth-order valence-corrected chi connectivity index (χ4v) is 2.64. The van der Waals surface area contributed by atoms with E-state index in [1.807, 2.05) is 0 Å². The van der Waals surface area contributed by atoms with Crippen molar-refractivity contribution in [1.29, 1.82) is 0 Å². The van der Waals surface area contributed by atoms with Gasteiger partial charge in [-0.2, -0.15) is 5.10 Å². The molecular formula is C14H8Cl4N3O2-. The van der Waals surface area contributed by atoms with E-state index in [-0.39, 0.29) is 20.9 Å². The van der Waals surface area contributed by atoms with E-state index in [1.165, 1.54) is 0 Å². The van der Waals surface area contributed by atoms with Gasteiger partial charge in [-0.15, -0.1) is 0 Å². The quantitative estimate of drug-likeness (QED) is 0.487. The second-order valence-corrected chi connectivity index (χ2v) is 5.85. The summed E-state index contributed by atoms with van der Waals surface area (Å²) in [6.45, 7) is 1.71. The summed E-state index contributed by atoms with van der Waals surface area (Å²) >= 11 is 23.8. The predicted octanol–water partition coefficient (Wildman–Crippen LogP) is 3.89. The van der Waals surface area contributed by atoms with Gasteiger partial charge >= 0.3 is 0 Å². The fourth-order valence-electron chi connectivity index (χ4n) is 1.70. The summed E-state index contributed by atoms with van der Waals surface area (Å²) in [4.78, 5) is 14.6. The monoisotopic (exact) mass is 390 g/mol. The summed E-state index contributed by atoms with van der Waals surface area (Å²) in [5.74, 6) is -1.58. The maximum absolute atomic E-state index is 11.0. The van der Waals surface area contributed by atoms with Crippen molar-refractivity contribution in [3.8, 4) is 0 Å². The van der Waals surface area contributed by atoms with Crippen LogP contribution in [0.3, 0.4) is 0 Å². The Labute approximate surface area is 151 Å². The number of hydrogen-bond donors (Lipinski definition) is 1. The van der Waals surface area contributed by atoms with E-state index in [2.05, 4.69) is 15.5 Å². The van der Waals surface area contributed by atoms with Crippen molar-refractivity contribution in [2.45, 2.75) is 6.92 Å². The molecule has 0 bridgehead atoms. The molecule has 1 aromatic heterocycles. The lowest BCUT2D eigenvalue weighted by Crippen LogP contribution is -2.24. The number of carboxylic acids is 1. The van der Waals surface area contributed by atoms with E-state index in [0.29, 0.717) is 16.3 Å². The highest BCUT2D eigenvalue weighted by molar-refractivity contribution is 6.46. The van der Waals surface area contributed by atoms with Gasteiger partial charge in [-0.05, 0) is 13.0 Å². The van der Waals surface area contributed by atoms with Gasteiger partial charge in [-0.1, -0.05) is 64.6 Å². The highest BCUT2D eigenvalue weighted by atomic mass is 35.5. The van der Waals surface area contributed by atoms with Crippen molar-refractivity contribution in [2.24, 2.45) is 5.10 Å². The number of hydrogen-bond acceptors (Lipinski definition) is 5. The standard InChI is InChI=1S/C14H9Cl4N3O2/c1-6(7-4-2-3-5-8(7)15)20-21-11-9(16)12(14(22)23)19-13(18)10(11)17/h2-5H,1H3,(H,19,21)(H,22,23)/p-1/b20-6-. The molecular weight excluding hydrogens is 384 g/mol. The number of nitrogens with zero attached hydrogens (tertiary/aromatic N) is 2. The van der Waals surface area contributed by atoms with Crippen molar-refractivity contribution < 1.29 is 9.90 Å². The molecule has 0 aliphatic rings. The molecule has 0 radical (unpaired) electrons. The lowest BCUT2D eigenvalue weighted by atomic mass is 10.1. The first-order valence-electron chi connectivity index (χ1n) is 6.14. The molecule has 0 spiro atoms. The highest BCUT2D eigenvalue weighted by Gasteiger charge is 2.17. The number of pyridine rings is 1. The molecule has 0 atom stereocenters. The fraction of sp³-hybridized carbons (Fsp3) is 0.0714. The van der Waals surface area contributed by atoms with Crippen LogP contribution < -0.4 is 10.5 Å². The second kappa shape index (κ2) is 7.36. The molecule has 0 aliphatic carbocycles. The number of carboxylic acid groups (broad SMARTS) is 1. The number of hydrazone groups is 1. The number of carbonyl (C=O) groups excluding carboxylic acids is 1. The first-order chi connectivity index (χ1) is 10.8. The summed E-state index contributed by atoms with van der Waals surface area (Å²) in [5, 5.41) is 15.1. The number of aromatic carboxylic acids is 1. The minimum absolute atomic E-state index is 0.0129. The van der Waals surface area contributed by atoms with Gasteiger partial charge in [0, 0.05) is 10.6 Å². The zero-order valence-corrected chi connectivity index (χ0v) is 14.6. The van der Waals surface area contributed by atoms with Crippen molar-refractivity contribution in [3.05, 3.63) is 55.7 Å². The molecule has 5 nitrogen and oxygen atoms in total. The van der Waals surface area contributed by atoms with Crippen LogP contribution in [0, 0.1) is 0 Å². The number of rotatable bonds is 4. The molecule has 2 aromatic rings. The molecule has 1 heterocycles. The average Bonchev–Trinajstić information content (AvgIpc) is 2.50. The van der Waals surface area contributed by atoms with Crippen molar-refractivity contribution in [1.82, 2.24) is 4.98 Å². The number of aromatic nitrogens is 1. The van der Waals surface area contributed by atoms with Crippen LogP contribution in [0.15, 0.2) is 29.4 Å². The number of halogens is 4. The van der Waals surface area contributed by atoms with Gasteiger partial charge in [-0.3, -0.25) is 5.43 Å². The van der Waals surface area contributed by atoms with Gasteiger partial charge in [-0.25, -0.2) is 4.98 Å².